The van der Waals surface area contributed by atoms with Gasteiger partial charge < -0.3 is 10.4 Å². The van der Waals surface area contributed by atoms with Gasteiger partial charge in [-0.2, -0.15) is 0 Å². The van der Waals surface area contributed by atoms with Crippen LogP contribution in [0.5, 0.6) is 0 Å². The summed E-state index contributed by atoms with van der Waals surface area (Å²) in [4.78, 5) is 2.79. The van der Waals surface area contributed by atoms with Crippen molar-refractivity contribution < 1.29 is 5.11 Å². The molecule has 19 heavy (non-hydrogen) atoms. The largest absolute Gasteiger partial charge is 0.394 e. The number of likely N-dealkylation sites (N-methyl/N-ethyl adjacent to an activating group) is 1. The van der Waals surface area contributed by atoms with E-state index in [0.29, 0.717) is 6.04 Å². The molecule has 0 aromatic heterocycles. The Morgan fingerprint density at radius 3 is 2.79 bits per heavy atom. The number of nitrogens with one attached hydrogen (secondary N) is 1. The minimum Gasteiger partial charge on any atom is -0.394 e. The van der Waals surface area contributed by atoms with Crippen LogP contribution in [0.2, 0.25) is 0 Å². The van der Waals surface area contributed by atoms with Gasteiger partial charge in [-0.05, 0) is 58.5 Å². The Morgan fingerprint density at radius 2 is 2.11 bits per heavy atom. The Hall–Kier alpha value is -0.120. The van der Waals surface area contributed by atoms with Gasteiger partial charge in [0.1, 0.15) is 0 Å². The van der Waals surface area contributed by atoms with Crippen LogP contribution in [0.1, 0.15) is 64.7 Å². The SMILES string of the molecule is CCCC1CCCCN1C1CCCC(CO)(NC)C1. The first kappa shape index (κ1) is 15.3. The van der Waals surface area contributed by atoms with E-state index in [-0.39, 0.29) is 12.1 Å². The fraction of sp³-hybridized carbons (Fsp3) is 1.00. The number of nitrogens with zero attached hydrogens (tertiary/aromatic N) is 1. The van der Waals surface area contributed by atoms with Gasteiger partial charge in [0.2, 0.25) is 0 Å². The van der Waals surface area contributed by atoms with Crippen LogP contribution in [0, 0.1) is 0 Å². The first-order chi connectivity index (χ1) is 9.24. The molecule has 1 heterocycles. The lowest BCUT2D eigenvalue weighted by molar-refractivity contribution is 0.0231. The van der Waals surface area contributed by atoms with Crippen LogP contribution >= 0.6 is 0 Å². The first-order valence-corrected chi connectivity index (χ1v) is 8.30. The maximum atomic E-state index is 9.75. The molecule has 3 atom stereocenters. The van der Waals surface area contributed by atoms with Crippen LogP contribution in [0.3, 0.4) is 0 Å². The van der Waals surface area contributed by atoms with Crippen LogP contribution in [-0.2, 0) is 0 Å². The van der Waals surface area contributed by atoms with Crippen molar-refractivity contribution >= 4 is 0 Å². The minimum atomic E-state index is -0.0167. The summed E-state index contributed by atoms with van der Waals surface area (Å²) in [6.45, 7) is 3.87. The van der Waals surface area contributed by atoms with Crippen LogP contribution < -0.4 is 5.32 Å². The molecule has 3 nitrogen and oxygen atoms in total. The predicted molar refractivity (Wildman–Crippen MR) is 80.4 cm³/mol. The Kier molecular flexibility index (Phi) is 5.67. The zero-order chi connectivity index (χ0) is 13.7. The van der Waals surface area contributed by atoms with E-state index in [9.17, 15) is 5.11 Å². The second kappa shape index (κ2) is 7.05. The number of likely N-dealkylation sites (tertiary alicyclic amines) is 1. The number of piperidine rings is 1. The summed E-state index contributed by atoms with van der Waals surface area (Å²) in [5.41, 5.74) is -0.0167. The summed E-state index contributed by atoms with van der Waals surface area (Å²) in [7, 11) is 2.01. The Labute approximate surface area is 118 Å². The molecule has 112 valence electrons. The average Bonchev–Trinajstić information content (AvgIpc) is 2.48. The number of aliphatic hydroxyl groups excluding tert-OH is 1. The van der Waals surface area contributed by atoms with Gasteiger partial charge in [-0.3, -0.25) is 4.90 Å². The third-order valence-corrected chi connectivity index (χ3v) is 5.42. The van der Waals surface area contributed by atoms with Crippen LogP contribution in [0.15, 0.2) is 0 Å². The summed E-state index contributed by atoms with van der Waals surface area (Å²) in [5, 5.41) is 13.2. The lowest BCUT2D eigenvalue weighted by atomic mass is 9.78. The minimum absolute atomic E-state index is 0.0167. The number of hydrogen-bond acceptors (Lipinski definition) is 3. The van der Waals surface area contributed by atoms with Crippen molar-refractivity contribution in [3.63, 3.8) is 0 Å². The van der Waals surface area contributed by atoms with Crippen molar-refractivity contribution in [2.45, 2.75) is 82.3 Å². The van der Waals surface area contributed by atoms with E-state index in [1.54, 1.807) is 0 Å². The molecule has 1 saturated carbocycles. The third kappa shape index (κ3) is 3.50. The maximum Gasteiger partial charge on any atom is 0.0613 e. The maximum absolute atomic E-state index is 9.75. The molecule has 0 spiro atoms. The highest BCUT2D eigenvalue weighted by atomic mass is 16.3. The third-order valence-electron chi connectivity index (χ3n) is 5.42. The molecule has 0 amide bonds. The topological polar surface area (TPSA) is 35.5 Å². The molecule has 2 aliphatic rings. The highest BCUT2D eigenvalue weighted by Crippen LogP contribution is 2.34. The van der Waals surface area contributed by atoms with Crippen LogP contribution in [0.25, 0.3) is 0 Å². The summed E-state index contributed by atoms with van der Waals surface area (Å²) in [6, 6.07) is 1.49. The molecule has 2 fully saturated rings. The normalized spacial score (nSPS) is 37.4. The molecule has 1 aliphatic heterocycles. The molecule has 3 unspecified atom stereocenters. The van der Waals surface area contributed by atoms with Crippen molar-refractivity contribution in [3.05, 3.63) is 0 Å². The molecule has 0 bridgehead atoms. The molecule has 2 rings (SSSR count). The molecule has 2 N–H and O–H groups in total. The second-order valence-corrected chi connectivity index (χ2v) is 6.61. The average molecular weight is 268 g/mol. The molecule has 1 saturated heterocycles. The first-order valence-electron chi connectivity index (χ1n) is 8.30. The van der Waals surface area contributed by atoms with Crippen molar-refractivity contribution in [2.24, 2.45) is 0 Å². The van der Waals surface area contributed by atoms with E-state index in [1.165, 1.54) is 51.5 Å². The van der Waals surface area contributed by atoms with Gasteiger partial charge >= 0.3 is 0 Å². The van der Waals surface area contributed by atoms with Gasteiger partial charge in [0.05, 0.1) is 6.61 Å². The number of aliphatic hydroxyl groups is 1. The summed E-state index contributed by atoms with van der Waals surface area (Å²) < 4.78 is 0. The number of hydrogen-bond donors (Lipinski definition) is 2. The van der Waals surface area contributed by atoms with Crippen molar-refractivity contribution in [2.75, 3.05) is 20.2 Å². The van der Waals surface area contributed by atoms with Crippen molar-refractivity contribution in [1.82, 2.24) is 10.2 Å². The Bertz CT molecular complexity index is 263. The van der Waals surface area contributed by atoms with E-state index in [0.717, 1.165) is 18.9 Å². The predicted octanol–water partition coefficient (Wildman–Crippen LogP) is 2.53. The molecule has 0 aromatic rings. The van der Waals surface area contributed by atoms with E-state index < -0.39 is 0 Å². The lowest BCUT2D eigenvalue weighted by Gasteiger charge is -2.48. The number of rotatable bonds is 5. The highest BCUT2D eigenvalue weighted by Gasteiger charge is 2.38. The Balaban J connectivity index is 2.02. The van der Waals surface area contributed by atoms with Crippen LogP contribution in [0.4, 0.5) is 0 Å². The zero-order valence-corrected chi connectivity index (χ0v) is 12.8. The van der Waals surface area contributed by atoms with E-state index in [2.05, 4.69) is 17.1 Å². The van der Waals surface area contributed by atoms with Gasteiger partial charge in [-0.25, -0.2) is 0 Å². The fourth-order valence-corrected chi connectivity index (χ4v) is 4.21. The van der Waals surface area contributed by atoms with Crippen molar-refractivity contribution in [1.29, 1.82) is 0 Å². The van der Waals surface area contributed by atoms with E-state index in [1.807, 2.05) is 7.05 Å². The monoisotopic (exact) mass is 268 g/mol. The molecular formula is C16H32N2O. The van der Waals surface area contributed by atoms with Gasteiger partial charge in [0.25, 0.3) is 0 Å². The van der Waals surface area contributed by atoms with Gasteiger partial charge in [-0.15, -0.1) is 0 Å². The van der Waals surface area contributed by atoms with Gasteiger partial charge in [0, 0.05) is 17.6 Å². The summed E-state index contributed by atoms with van der Waals surface area (Å²) >= 11 is 0. The highest BCUT2D eigenvalue weighted by molar-refractivity contribution is 4.97. The Morgan fingerprint density at radius 1 is 1.26 bits per heavy atom. The summed E-state index contributed by atoms with van der Waals surface area (Å²) in [5.74, 6) is 0. The summed E-state index contributed by atoms with van der Waals surface area (Å²) in [6.07, 6.45) is 11.6. The molecular weight excluding hydrogens is 236 g/mol. The lowest BCUT2D eigenvalue weighted by Crippen LogP contribution is -2.57. The molecule has 0 aromatic carbocycles. The molecule has 0 radical (unpaired) electrons. The smallest absolute Gasteiger partial charge is 0.0613 e. The molecule has 3 heteroatoms. The molecule has 1 aliphatic carbocycles. The van der Waals surface area contributed by atoms with Crippen LogP contribution in [-0.4, -0.2) is 47.8 Å². The van der Waals surface area contributed by atoms with E-state index >= 15 is 0 Å². The van der Waals surface area contributed by atoms with Gasteiger partial charge in [0.15, 0.2) is 0 Å². The fourth-order valence-electron chi connectivity index (χ4n) is 4.21. The standard InChI is InChI=1S/C16H32N2O/c1-3-7-14-8-4-5-11-18(14)15-9-6-10-16(12-15,13-19)17-2/h14-15,17,19H,3-13H2,1-2H3. The quantitative estimate of drug-likeness (QED) is 0.804. The second-order valence-electron chi connectivity index (χ2n) is 6.61. The van der Waals surface area contributed by atoms with Crippen molar-refractivity contribution in [3.8, 4) is 0 Å². The van der Waals surface area contributed by atoms with Gasteiger partial charge in [-0.1, -0.05) is 19.8 Å². The van der Waals surface area contributed by atoms with E-state index in [4.69, 9.17) is 0 Å². The zero-order valence-electron chi connectivity index (χ0n) is 12.8.